The normalized spacial score (nSPS) is 21.0. The number of aliphatic hydroxyl groups excluding tert-OH is 1. The summed E-state index contributed by atoms with van der Waals surface area (Å²) in [6.45, 7) is 6.91. The zero-order valence-corrected chi connectivity index (χ0v) is 20.6. The molecule has 0 spiro atoms. The van der Waals surface area contributed by atoms with E-state index in [9.17, 15) is 5.11 Å². The highest BCUT2D eigenvalue weighted by atomic mass is 79.9. The van der Waals surface area contributed by atoms with Crippen molar-refractivity contribution in [3.63, 3.8) is 0 Å². The van der Waals surface area contributed by atoms with Gasteiger partial charge in [-0.3, -0.25) is 9.97 Å². The third kappa shape index (κ3) is 5.02. The quantitative estimate of drug-likeness (QED) is 0.312. The Kier molecular flexibility index (Phi) is 6.92. The zero-order valence-electron chi connectivity index (χ0n) is 19.0. The van der Waals surface area contributed by atoms with E-state index in [-0.39, 0.29) is 11.5 Å². The third-order valence-corrected chi connectivity index (χ3v) is 7.44. The summed E-state index contributed by atoms with van der Waals surface area (Å²) >= 11 is 3.41. The van der Waals surface area contributed by atoms with Crippen LogP contribution in [0, 0.1) is 17.3 Å². The molecule has 2 aromatic carbocycles. The van der Waals surface area contributed by atoms with Gasteiger partial charge in [0.05, 0.1) is 6.10 Å². The number of pyridine rings is 2. The van der Waals surface area contributed by atoms with E-state index in [0.29, 0.717) is 11.8 Å². The van der Waals surface area contributed by atoms with Gasteiger partial charge in [0.15, 0.2) is 0 Å². The Morgan fingerprint density at radius 3 is 2.19 bits per heavy atom. The fourth-order valence-electron chi connectivity index (χ4n) is 5.28. The molecule has 1 saturated carbocycles. The molecule has 4 aromatic rings. The molecule has 166 valence electrons. The summed E-state index contributed by atoms with van der Waals surface area (Å²) in [4.78, 5) is 8.18. The predicted octanol–water partition coefficient (Wildman–Crippen LogP) is 7.73. The lowest BCUT2D eigenvalue weighted by Gasteiger charge is -2.45. The van der Waals surface area contributed by atoms with Gasteiger partial charge in [0.25, 0.3) is 0 Å². The molecule has 0 saturated heterocycles. The molecule has 3 nitrogen and oxygen atoms in total. The zero-order chi connectivity index (χ0) is 22.7. The highest BCUT2D eigenvalue weighted by molar-refractivity contribution is 9.10. The Bertz CT molecular complexity index is 1210. The highest BCUT2D eigenvalue weighted by Crippen LogP contribution is 2.49. The molecule has 2 aromatic heterocycles. The number of aromatic nitrogens is 2. The van der Waals surface area contributed by atoms with E-state index in [1.54, 1.807) is 6.20 Å². The van der Waals surface area contributed by atoms with Gasteiger partial charge in [-0.05, 0) is 70.3 Å². The van der Waals surface area contributed by atoms with Gasteiger partial charge in [0, 0.05) is 40.0 Å². The molecule has 1 aliphatic rings. The number of hydrogen-bond acceptors (Lipinski definition) is 3. The average Bonchev–Trinajstić information content (AvgIpc) is 2.78. The van der Waals surface area contributed by atoms with E-state index in [4.69, 9.17) is 0 Å². The molecule has 2 heterocycles. The average molecular weight is 491 g/mol. The summed E-state index contributed by atoms with van der Waals surface area (Å²) < 4.78 is 1.11. The van der Waals surface area contributed by atoms with Crippen molar-refractivity contribution < 1.29 is 5.11 Å². The topological polar surface area (TPSA) is 46.0 Å². The molecule has 1 N–H and O–H groups in total. The maximum Gasteiger partial charge on any atom is 0.0826 e. The molecule has 0 aliphatic heterocycles. The van der Waals surface area contributed by atoms with Crippen molar-refractivity contribution >= 4 is 37.5 Å². The smallest absolute Gasteiger partial charge is 0.0826 e. The lowest BCUT2D eigenvalue weighted by molar-refractivity contribution is -0.0292. The summed E-state index contributed by atoms with van der Waals surface area (Å²) in [5.74, 6) is 0.891. The van der Waals surface area contributed by atoms with Gasteiger partial charge in [0.2, 0.25) is 0 Å². The predicted molar refractivity (Wildman–Crippen MR) is 136 cm³/mol. The summed E-state index contributed by atoms with van der Waals surface area (Å²) in [5, 5.41) is 15.7. The van der Waals surface area contributed by atoms with Crippen molar-refractivity contribution in [2.24, 2.45) is 17.3 Å². The fraction of sp³-hybridized carbons (Fsp3) is 0.357. The van der Waals surface area contributed by atoms with Crippen molar-refractivity contribution in [3.8, 4) is 0 Å². The highest BCUT2D eigenvalue weighted by Gasteiger charge is 2.41. The minimum atomic E-state index is -0.382. The Morgan fingerprint density at radius 1 is 0.906 bits per heavy atom. The van der Waals surface area contributed by atoms with Gasteiger partial charge >= 0.3 is 0 Å². The van der Waals surface area contributed by atoms with Gasteiger partial charge in [0.1, 0.15) is 0 Å². The van der Waals surface area contributed by atoms with Crippen LogP contribution in [-0.4, -0.2) is 15.1 Å². The first kappa shape index (κ1) is 22.9. The minimum absolute atomic E-state index is 0.199. The summed E-state index contributed by atoms with van der Waals surface area (Å²) in [5.41, 5.74) is 1.24. The summed E-state index contributed by atoms with van der Waals surface area (Å²) in [6.07, 6.45) is 10.7. The second-order valence-electron chi connectivity index (χ2n) is 9.68. The van der Waals surface area contributed by atoms with E-state index < -0.39 is 0 Å². The molecule has 4 heteroatoms. The molecular formula is C28H31BrN2O. The van der Waals surface area contributed by atoms with Gasteiger partial charge in [-0.15, -0.1) is 0 Å². The first-order chi connectivity index (χ1) is 15.3. The summed E-state index contributed by atoms with van der Waals surface area (Å²) in [7, 11) is 0. The lowest BCUT2D eigenvalue weighted by atomic mass is 9.61. The second-order valence-corrected chi connectivity index (χ2v) is 10.6. The number of hydrogen-bond donors (Lipinski definition) is 1. The van der Waals surface area contributed by atoms with Gasteiger partial charge in [-0.2, -0.15) is 0 Å². The van der Waals surface area contributed by atoms with Crippen LogP contribution in [0.2, 0.25) is 0 Å². The number of nitrogens with zero attached hydrogens (tertiary/aromatic N) is 2. The first-order valence-electron chi connectivity index (χ1n) is 11.4. The maximum atomic E-state index is 11.0. The first-order valence-corrected chi connectivity index (χ1v) is 12.2. The third-order valence-electron chi connectivity index (χ3n) is 6.94. The van der Waals surface area contributed by atoms with Crippen LogP contribution < -0.4 is 0 Å². The van der Waals surface area contributed by atoms with Crippen LogP contribution >= 0.6 is 15.9 Å². The SMILES string of the molecule is Brc1ccc2cnccc2c1.C[C@H]1CCCC(C)(C)[C@@H]1[C@H](O)c1ccc2cnccc2c1. The molecular weight excluding hydrogens is 460 g/mol. The van der Waals surface area contributed by atoms with E-state index >= 15 is 0 Å². The number of rotatable bonds is 2. The number of benzene rings is 2. The molecule has 1 aliphatic carbocycles. The Labute approximate surface area is 199 Å². The van der Waals surface area contributed by atoms with Crippen molar-refractivity contribution in [1.29, 1.82) is 0 Å². The Morgan fingerprint density at radius 2 is 1.53 bits per heavy atom. The number of aliphatic hydroxyl groups is 1. The Hall–Kier alpha value is -2.30. The van der Waals surface area contributed by atoms with E-state index in [1.165, 1.54) is 30.0 Å². The van der Waals surface area contributed by atoms with Crippen LogP contribution in [-0.2, 0) is 0 Å². The largest absolute Gasteiger partial charge is 0.388 e. The Balaban J connectivity index is 0.000000186. The molecule has 32 heavy (non-hydrogen) atoms. The molecule has 1 fully saturated rings. The van der Waals surface area contributed by atoms with Gasteiger partial charge < -0.3 is 5.11 Å². The monoisotopic (exact) mass is 490 g/mol. The van der Waals surface area contributed by atoms with Crippen molar-refractivity contribution in [1.82, 2.24) is 9.97 Å². The molecule has 0 amide bonds. The number of halogens is 1. The van der Waals surface area contributed by atoms with Crippen LogP contribution in [0.3, 0.4) is 0 Å². The maximum absolute atomic E-state index is 11.0. The van der Waals surface area contributed by atoms with Crippen LogP contribution in [0.25, 0.3) is 21.5 Å². The fourth-order valence-corrected chi connectivity index (χ4v) is 5.66. The van der Waals surface area contributed by atoms with Crippen LogP contribution in [0.15, 0.2) is 77.8 Å². The van der Waals surface area contributed by atoms with Gasteiger partial charge in [-0.1, -0.05) is 67.7 Å². The van der Waals surface area contributed by atoms with Crippen molar-refractivity contribution in [2.45, 2.75) is 46.1 Å². The number of fused-ring (bicyclic) bond motifs is 2. The molecule has 3 atom stereocenters. The molecule has 0 radical (unpaired) electrons. The molecule has 0 bridgehead atoms. The second kappa shape index (κ2) is 9.68. The van der Waals surface area contributed by atoms with Crippen molar-refractivity contribution in [3.05, 3.63) is 83.4 Å². The molecule has 5 rings (SSSR count). The van der Waals surface area contributed by atoms with Crippen LogP contribution in [0.4, 0.5) is 0 Å². The molecule has 0 unspecified atom stereocenters. The minimum Gasteiger partial charge on any atom is -0.388 e. The van der Waals surface area contributed by atoms with Gasteiger partial charge in [-0.25, -0.2) is 0 Å². The van der Waals surface area contributed by atoms with E-state index in [1.807, 2.05) is 42.9 Å². The van der Waals surface area contributed by atoms with Crippen LogP contribution in [0.1, 0.15) is 51.7 Å². The standard InChI is InChI=1S/C19H25NO.C9H6BrN/c1-13-5-4-9-19(2,3)17(13)18(21)15-6-7-16-12-20-10-8-14(16)11-15;10-9-2-1-8-6-11-4-3-7(8)5-9/h6-8,10-13,17-18,21H,4-5,9H2,1-3H3;1-6H/t13-,17-,18+;/m0./s1. The summed E-state index contributed by atoms with van der Waals surface area (Å²) in [6, 6.07) is 16.4. The lowest BCUT2D eigenvalue weighted by Crippen LogP contribution is -2.37. The van der Waals surface area contributed by atoms with E-state index in [0.717, 1.165) is 20.8 Å². The van der Waals surface area contributed by atoms with E-state index in [2.05, 4.69) is 70.9 Å². The van der Waals surface area contributed by atoms with Crippen LogP contribution in [0.5, 0.6) is 0 Å². The van der Waals surface area contributed by atoms with Crippen molar-refractivity contribution in [2.75, 3.05) is 0 Å².